The van der Waals surface area contributed by atoms with Gasteiger partial charge in [-0.15, -0.1) is 11.3 Å². The molecular weight excluding hydrogens is 254 g/mol. The van der Waals surface area contributed by atoms with Crippen molar-refractivity contribution in [3.05, 3.63) is 21.3 Å². The van der Waals surface area contributed by atoms with Gasteiger partial charge in [0.1, 0.15) is 0 Å². The van der Waals surface area contributed by atoms with E-state index in [1.54, 1.807) is 11.3 Å². The zero-order valence-electron chi connectivity index (χ0n) is 10.2. The second-order valence-corrected chi connectivity index (χ2v) is 6.86. The summed E-state index contributed by atoms with van der Waals surface area (Å²) in [4.78, 5) is 1.26. The first-order chi connectivity index (χ1) is 8.15. The SMILES string of the molecule is CC(NCC1(CO)CCCC1)c1ccc(Cl)s1. The average molecular weight is 274 g/mol. The van der Waals surface area contributed by atoms with Crippen molar-refractivity contribution in [2.24, 2.45) is 5.41 Å². The Bertz CT molecular complexity index is 360. The van der Waals surface area contributed by atoms with Crippen LogP contribution in [-0.2, 0) is 0 Å². The molecule has 17 heavy (non-hydrogen) atoms. The highest BCUT2D eigenvalue weighted by Gasteiger charge is 2.33. The van der Waals surface area contributed by atoms with Gasteiger partial charge in [0.25, 0.3) is 0 Å². The van der Waals surface area contributed by atoms with Crippen LogP contribution in [0.4, 0.5) is 0 Å². The molecule has 1 unspecified atom stereocenters. The van der Waals surface area contributed by atoms with Crippen molar-refractivity contribution in [1.82, 2.24) is 5.32 Å². The normalized spacial score (nSPS) is 20.6. The fourth-order valence-electron chi connectivity index (χ4n) is 2.55. The summed E-state index contributed by atoms with van der Waals surface area (Å²) in [6.45, 7) is 3.36. The molecule has 1 aromatic heterocycles. The minimum absolute atomic E-state index is 0.120. The number of thiophene rings is 1. The van der Waals surface area contributed by atoms with Crippen molar-refractivity contribution < 1.29 is 5.11 Å². The van der Waals surface area contributed by atoms with Crippen LogP contribution in [0.15, 0.2) is 12.1 Å². The number of hydrogen-bond acceptors (Lipinski definition) is 3. The van der Waals surface area contributed by atoms with Crippen molar-refractivity contribution in [2.45, 2.75) is 38.6 Å². The van der Waals surface area contributed by atoms with Crippen LogP contribution in [0.3, 0.4) is 0 Å². The highest BCUT2D eigenvalue weighted by Crippen LogP contribution is 2.37. The van der Waals surface area contributed by atoms with Crippen LogP contribution in [-0.4, -0.2) is 18.3 Å². The lowest BCUT2D eigenvalue weighted by molar-refractivity contribution is 0.125. The standard InChI is InChI=1S/C13H20ClNOS/c1-10(11-4-5-12(14)17-11)15-8-13(9-16)6-2-3-7-13/h4-5,10,15-16H,2-3,6-9H2,1H3. The quantitative estimate of drug-likeness (QED) is 0.859. The predicted octanol–water partition coefficient (Wildman–Crippen LogP) is 3.60. The first-order valence-electron chi connectivity index (χ1n) is 6.25. The lowest BCUT2D eigenvalue weighted by Crippen LogP contribution is -2.36. The fraction of sp³-hybridized carbons (Fsp3) is 0.692. The molecule has 1 atom stereocenters. The molecule has 0 amide bonds. The van der Waals surface area contributed by atoms with E-state index in [-0.39, 0.29) is 5.41 Å². The topological polar surface area (TPSA) is 32.3 Å². The van der Waals surface area contributed by atoms with Crippen LogP contribution >= 0.6 is 22.9 Å². The van der Waals surface area contributed by atoms with E-state index in [1.807, 2.05) is 6.07 Å². The second kappa shape index (κ2) is 5.70. The molecule has 1 heterocycles. The summed E-state index contributed by atoms with van der Waals surface area (Å²) in [5, 5.41) is 13.1. The Morgan fingerprint density at radius 3 is 2.71 bits per heavy atom. The molecule has 1 aliphatic rings. The van der Waals surface area contributed by atoms with Gasteiger partial charge in [0.05, 0.1) is 4.34 Å². The second-order valence-electron chi connectivity index (χ2n) is 5.11. The summed E-state index contributed by atoms with van der Waals surface area (Å²) in [7, 11) is 0. The van der Waals surface area contributed by atoms with Crippen molar-refractivity contribution in [2.75, 3.05) is 13.2 Å². The molecule has 1 saturated carbocycles. The maximum atomic E-state index is 9.55. The number of aliphatic hydroxyl groups is 1. The van der Waals surface area contributed by atoms with Crippen LogP contribution in [0.5, 0.6) is 0 Å². The average Bonchev–Trinajstić information content (AvgIpc) is 2.95. The first-order valence-corrected chi connectivity index (χ1v) is 7.44. The Kier molecular flexibility index (Phi) is 4.47. The number of nitrogens with one attached hydrogen (secondary N) is 1. The van der Waals surface area contributed by atoms with Gasteiger partial charge in [0, 0.05) is 29.5 Å². The first kappa shape index (κ1) is 13.3. The molecule has 2 rings (SSSR count). The molecule has 0 aromatic carbocycles. The fourth-order valence-corrected chi connectivity index (χ4v) is 3.63. The van der Waals surface area contributed by atoms with E-state index >= 15 is 0 Å². The Labute approximate surface area is 112 Å². The largest absolute Gasteiger partial charge is 0.396 e. The Balaban J connectivity index is 1.89. The minimum atomic E-state index is 0.120. The van der Waals surface area contributed by atoms with Crippen LogP contribution in [0.25, 0.3) is 0 Å². The van der Waals surface area contributed by atoms with E-state index in [4.69, 9.17) is 11.6 Å². The molecule has 1 aromatic rings. The van der Waals surface area contributed by atoms with Crippen molar-refractivity contribution >= 4 is 22.9 Å². The highest BCUT2D eigenvalue weighted by atomic mass is 35.5. The molecule has 2 N–H and O–H groups in total. The van der Waals surface area contributed by atoms with Crippen LogP contribution < -0.4 is 5.32 Å². The smallest absolute Gasteiger partial charge is 0.0931 e. The summed E-state index contributed by atoms with van der Waals surface area (Å²) in [5.74, 6) is 0. The summed E-state index contributed by atoms with van der Waals surface area (Å²) in [6.07, 6.45) is 4.80. The molecule has 0 saturated heterocycles. The molecular formula is C13H20ClNOS. The maximum Gasteiger partial charge on any atom is 0.0931 e. The predicted molar refractivity (Wildman–Crippen MR) is 73.7 cm³/mol. The molecule has 0 radical (unpaired) electrons. The summed E-state index contributed by atoms with van der Waals surface area (Å²) >= 11 is 7.56. The Morgan fingerprint density at radius 2 is 2.18 bits per heavy atom. The van der Waals surface area contributed by atoms with Crippen LogP contribution in [0.2, 0.25) is 4.34 Å². The van der Waals surface area contributed by atoms with Gasteiger partial charge in [0.15, 0.2) is 0 Å². The molecule has 96 valence electrons. The highest BCUT2D eigenvalue weighted by molar-refractivity contribution is 7.16. The molecule has 0 spiro atoms. The van der Waals surface area contributed by atoms with Gasteiger partial charge in [-0.25, -0.2) is 0 Å². The van der Waals surface area contributed by atoms with Crippen molar-refractivity contribution in [3.8, 4) is 0 Å². The summed E-state index contributed by atoms with van der Waals surface area (Å²) in [6, 6.07) is 4.33. The van der Waals surface area contributed by atoms with Crippen molar-refractivity contribution in [3.63, 3.8) is 0 Å². The van der Waals surface area contributed by atoms with Gasteiger partial charge in [-0.05, 0) is 31.9 Å². The molecule has 4 heteroatoms. The Hall–Kier alpha value is -0.0900. The number of aliphatic hydroxyl groups excluding tert-OH is 1. The van der Waals surface area contributed by atoms with Gasteiger partial charge in [-0.2, -0.15) is 0 Å². The van der Waals surface area contributed by atoms with Gasteiger partial charge in [-0.1, -0.05) is 24.4 Å². The van der Waals surface area contributed by atoms with Gasteiger partial charge in [-0.3, -0.25) is 0 Å². The van der Waals surface area contributed by atoms with E-state index < -0.39 is 0 Å². The summed E-state index contributed by atoms with van der Waals surface area (Å²) in [5.41, 5.74) is 0.120. The molecule has 0 bridgehead atoms. The van der Waals surface area contributed by atoms with Gasteiger partial charge in [0.2, 0.25) is 0 Å². The number of rotatable bonds is 5. The van der Waals surface area contributed by atoms with E-state index in [2.05, 4.69) is 18.3 Å². The van der Waals surface area contributed by atoms with Crippen molar-refractivity contribution in [1.29, 1.82) is 0 Å². The molecule has 1 fully saturated rings. The minimum Gasteiger partial charge on any atom is -0.396 e. The van der Waals surface area contributed by atoms with E-state index in [0.717, 1.165) is 23.7 Å². The van der Waals surface area contributed by atoms with E-state index in [0.29, 0.717) is 12.6 Å². The Morgan fingerprint density at radius 1 is 1.47 bits per heavy atom. The zero-order valence-corrected chi connectivity index (χ0v) is 11.8. The zero-order chi connectivity index (χ0) is 12.3. The van der Waals surface area contributed by atoms with E-state index in [1.165, 1.54) is 17.7 Å². The molecule has 1 aliphatic carbocycles. The van der Waals surface area contributed by atoms with Crippen LogP contribution in [0.1, 0.15) is 43.5 Å². The molecule has 2 nitrogen and oxygen atoms in total. The van der Waals surface area contributed by atoms with E-state index in [9.17, 15) is 5.11 Å². The third-order valence-corrected chi connectivity index (χ3v) is 5.22. The summed E-state index contributed by atoms with van der Waals surface area (Å²) < 4.78 is 0.839. The third-order valence-electron chi connectivity index (χ3n) is 3.80. The van der Waals surface area contributed by atoms with Gasteiger partial charge >= 0.3 is 0 Å². The van der Waals surface area contributed by atoms with Crippen LogP contribution in [0, 0.1) is 5.41 Å². The number of halogens is 1. The lowest BCUT2D eigenvalue weighted by atomic mass is 9.87. The molecule has 0 aliphatic heterocycles. The number of hydrogen-bond donors (Lipinski definition) is 2. The lowest BCUT2D eigenvalue weighted by Gasteiger charge is -2.28. The maximum absolute atomic E-state index is 9.55. The monoisotopic (exact) mass is 273 g/mol. The van der Waals surface area contributed by atoms with Gasteiger partial charge < -0.3 is 10.4 Å². The third kappa shape index (κ3) is 3.22.